The lowest BCUT2D eigenvalue weighted by atomic mass is 10.3. The quantitative estimate of drug-likeness (QED) is 0.584. The van der Waals surface area contributed by atoms with Gasteiger partial charge in [0.15, 0.2) is 0 Å². The van der Waals surface area contributed by atoms with Crippen LogP contribution in [0.2, 0.25) is 0 Å². The number of sulfonamides is 1. The Balaban J connectivity index is 3.34. The van der Waals surface area contributed by atoms with E-state index in [0.29, 0.717) is 26.4 Å². The molecule has 1 N–H and O–H groups in total. The van der Waals surface area contributed by atoms with Crippen LogP contribution in [0.15, 0.2) is 0 Å². The van der Waals surface area contributed by atoms with E-state index in [1.54, 1.807) is 21.0 Å². The van der Waals surface area contributed by atoms with E-state index in [4.69, 9.17) is 9.47 Å². The van der Waals surface area contributed by atoms with Gasteiger partial charge in [-0.25, -0.2) is 13.1 Å². The molecule has 0 fully saturated rings. The number of rotatable bonds is 10. The van der Waals surface area contributed by atoms with Crippen LogP contribution in [-0.2, 0) is 19.5 Å². The second-order valence-electron chi connectivity index (χ2n) is 3.80. The fourth-order valence-electron chi connectivity index (χ4n) is 0.955. The van der Waals surface area contributed by atoms with Gasteiger partial charge in [-0.15, -0.1) is 0 Å². The molecule has 0 heterocycles. The van der Waals surface area contributed by atoms with Gasteiger partial charge in [0.05, 0.1) is 18.5 Å². The van der Waals surface area contributed by atoms with E-state index >= 15 is 0 Å². The van der Waals surface area contributed by atoms with Crippen LogP contribution in [0.3, 0.4) is 0 Å². The summed E-state index contributed by atoms with van der Waals surface area (Å²) >= 11 is 0. The summed E-state index contributed by atoms with van der Waals surface area (Å²) in [4.78, 5) is 0. The van der Waals surface area contributed by atoms with Crippen molar-refractivity contribution in [3.63, 3.8) is 0 Å². The predicted molar refractivity (Wildman–Crippen MR) is 64.0 cm³/mol. The van der Waals surface area contributed by atoms with Gasteiger partial charge in [0, 0.05) is 20.3 Å². The van der Waals surface area contributed by atoms with Gasteiger partial charge in [-0.1, -0.05) is 0 Å². The maximum atomic E-state index is 11.3. The number of hydrogen-bond donors (Lipinski definition) is 1. The van der Waals surface area contributed by atoms with Crippen LogP contribution in [-0.4, -0.2) is 47.1 Å². The van der Waals surface area contributed by atoms with Crippen molar-refractivity contribution in [1.82, 2.24) is 4.72 Å². The number of nitrogens with one attached hydrogen (secondary N) is 1. The van der Waals surface area contributed by atoms with Gasteiger partial charge < -0.3 is 9.47 Å². The Kier molecular flexibility index (Phi) is 8.83. The van der Waals surface area contributed by atoms with Gasteiger partial charge in [-0.3, -0.25) is 0 Å². The molecule has 6 heteroatoms. The first-order valence-electron chi connectivity index (χ1n) is 5.56. The Morgan fingerprint density at radius 3 is 2.38 bits per heavy atom. The Hall–Kier alpha value is -0.170. The molecule has 0 spiro atoms. The summed E-state index contributed by atoms with van der Waals surface area (Å²) in [5, 5.41) is -0.370. The Morgan fingerprint density at radius 2 is 1.81 bits per heavy atom. The minimum Gasteiger partial charge on any atom is -0.382 e. The molecule has 16 heavy (non-hydrogen) atoms. The van der Waals surface area contributed by atoms with Crippen LogP contribution in [0.1, 0.15) is 26.7 Å². The van der Waals surface area contributed by atoms with E-state index in [1.165, 1.54) is 0 Å². The molecule has 0 bridgehead atoms. The maximum Gasteiger partial charge on any atom is 0.213 e. The van der Waals surface area contributed by atoms with Crippen LogP contribution in [0.4, 0.5) is 0 Å². The second-order valence-corrected chi connectivity index (χ2v) is 6.12. The topological polar surface area (TPSA) is 64.6 Å². The van der Waals surface area contributed by atoms with Gasteiger partial charge in [0.2, 0.25) is 10.0 Å². The molecular weight excluding hydrogens is 230 g/mol. The molecule has 0 rings (SSSR count). The Bertz CT molecular complexity index is 252. The molecule has 0 amide bonds. The van der Waals surface area contributed by atoms with Crippen molar-refractivity contribution in [3.05, 3.63) is 0 Å². The van der Waals surface area contributed by atoms with Gasteiger partial charge >= 0.3 is 0 Å². The zero-order valence-electron chi connectivity index (χ0n) is 10.4. The molecule has 0 saturated heterocycles. The molecular formula is C10H23NO4S. The number of unbranched alkanes of at least 4 members (excludes halogenated alkanes) is 1. The molecule has 0 aliphatic carbocycles. The van der Waals surface area contributed by atoms with E-state index in [-0.39, 0.29) is 5.25 Å². The molecule has 0 aromatic carbocycles. The summed E-state index contributed by atoms with van der Waals surface area (Å²) in [6, 6.07) is 0. The molecule has 0 unspecified atom stereocenters. The summed E-state index contributed by atoms with van der Waals surface area (Å²) in [5.74, 6) is 0. The summed E-state index contributed by atoms with van der Waals surface area (Å²) in [5.41, 5.74) is 0. The van der Waals surface area contributed by atoms with Crippen molar-refractivity contribution >= 4 is 10.0 Å². The van der Waals surface area contributed by atoms with E-state index in [0.717, 1.165) is 12.8 Å². The molecule has 0 atom stereocenters. The summed E-state index contributed by atoms with van der Waals surface area (Å²) in [6.45, 7) is 5.64. The van der Waals surface area contributed by atoms with Crippen LogP contribution < -0.4 is 4.72 Å². The minimum atomic E-state index is -3.11. The highest BCUT2D eigenvalue weighted by atomic mass is 32.2. The van der Waals surface area contributed by atoms with E-state index in [1.807, 2.05) is 0 Å². The summed E-state index contributed by atoms with van der Waals surface area (Å²) in [7, 11) is -1.48. The van der Waals surface area contributed by atoms with Crippen LogP contribution >= 0.6 is 0 Å². The minimum absolute atomic E-state index is 0.370. The number of hydrogen-bond acceptors (Lipinski definition) is 4. The Morgan fingerprint density at radius 1 is 1.12 bits per heavy atom. The molecule has 0 aromatic rings. The molecule has 5 nitrogen and oxygen atoms in total. The highest BCUT2D eigenvalue weighted by Crippen LogP contribution is 1.97. The monoisotopic (exact) mass is 253 g/mol. The molecule has 0 aliphatic heterocycles. The predicted octanol–water partition coefficient (Wildman–Crippen LogP) is 0.757. The molecule has 0 aromatic heterocycles. The highest BCUT2D eigenvalue weighted by Gasteiger charge is 2.13. The van der Waals surface area contributed by atoms with Crippen LogP contribution in [0.5, 0.6) is 0 Å². The van der Waals surface area contributed by atoms with Crippen molar-refractivity contribution in [2.24, 2.45) is 0 Å². The largest absolute Gasteiger partial charge is 0.382 e. The van der Waals surface area contributed by atoms with Crippen molar-refractivity contribution in [3.8, 4) is 0 Å². The van der Waals surface area contributed by atoms with Crippen molar-refractivity contribution in [1.29, 1.82) is 0 Å². The standard InChI is InChI=1S/C10H23NO4S/c1-10(2)16(12,13)11-6-4-5-7-15-9-8-14-3/h10-11H,4-9H2,1-3H3. The lowest BCUT2D eigenvalue weighted by molar-refractivity contribution is 0.0689. The van der Waals surface area contributed by atoms with Gasteiger partial charge in [-0.05, 0) is 26.7 Å². The zero-order valence-corrected chi connectivity index (χ0v) is 11.2. The molecule has 98 valence electrons. The molecule has 0 radical (unpaired) electrons. The first-order valence-corrected chi connectivity index (χ1v) is 7.10. The number of ether oxygens (including phenoxy) is 2. The molecule has 0 saturated carbocycles. The lowest BCUT2D eigenvalue weighted by Crippen LogP contribution is -2.31. The maximum absolute atomic E-state index is 11.3. The normalized spacial score (nSPS) is 12.2. The van der Waals surface area contributed by atoms with Crippen molar-refractivity contribution in [2.45, 2.75) is 31.9 Å². The fraction of sp³-hybridized carbons (Fsp3) is 1.00. The van der Waals surface area contributed by atoms with Gasteiger partial charge in [-0.2, -0.15) is 0 Å². The van der Waals surface area contributed by atoms with Gasteiger partial charge in [0.25, 0.3) is 0 Å². The summed E-state index contributed by atoms with van der Waals surface area (Å²) in [6.07, 6.45) is 1.64. The highest BCUT2D eigenvalue weighted by molar-refractivity contribution is 7.90. The Labute approximate surface area is 98.6 Å². The van der Waals surface area contributed by atoms with E-state index in [2.05, 4.69) is 4.72 Å². The van der Waals surface area contributed by atoms with Crippen LogP contribution in [0, 0.1) is 0 Å². The third kappa shape index (κ3) is 8.04. The second kappa shape index (κ2) is 8.92. The third-order valence-electron chi connectivity index (χ3n) is 2.07. The van der Waals surface area contributed by atoms with Crippen LogP contribution in [0.25, 0.3) is 0 Å². The third-order valence-corrected chi connectivity index (χ3v) is 3.92. The fourth-order valence-corrected chi connectivity index (χ4v) is 1.72. The van der Waals surface area contributed by atoms with Crippen molar-refractivity contribution in [2.75, 3.05) is 33.5 Å². The van der Waals surface area contributed by atoms with Gasteiger partial charge in [0.1, 0.15) is 0 Å². The van der Waals surface area contributed by atoms with Crippen molar-refractivity contribution < 1.29 is 17.9 Å². The lowest BCUT2D eigenvalue weighted by Gasteiger charge is -2.09. The average Bonchev–Trinajstić information content (AvgIpc) is 2.21. The molecule has 0 aliphatic rings. The smallest absolute Gasteiger partial charge is 0.213 e. The van der Waals surface area contributed by atoms with E-state index < -0.39 is 10.0 Å². The first-order chi connectivity index (χ1) is 7.50. The first kappa shape index (κ1) is 15.8. The number of methoxy groups -OCH3 is 1. The SMILES string of the molecule is COCCOCCCCNS(=O)(=O)C(C)C. The average molecular weight is 253 g/mol. The summed E-state index contributed by atoms with van der Waals surface area (Å²) < 4.78 is 35.3. The van der Waals surface area contributed by atoms with E-state index in [9.17, 15) is 8.42 Å². The zero-order chi connectivity index (χ0) is 12.4.